The first-order valence-electron chi connectivity index (χ1n) is 12.5. The first-order valence-corrected chi connectivity index (χ1v) is 14.5. The molecule has 0 radical (unpaired) electrons. The summed E-state index contributed by atoms with van der Waals surface area (Å²) in [5.41, 5.74) is 6.62. The third-order valence-electron chi connectivity index (χ3n) is 5.87. The number of thioether (sulfide) groups is 1. The lowest BCUT2D eigenvalue weighted by atomic mass is 10.0. The van der Waals surface area contributed by atoms with E-state index >= 15 is 0 Å². The van der Waals surface area contributed by atoms with Crippen molar-refractivity contribution in [2.45, 2.75) is 31.7 Å². The lowest BCUT2D eigenvalue weighted by molar-refractivity contribution is -0.155. The second kappa shape index (κ2) is 16.3. The zero-order chi connectivity index (χ0) is 29.5. The van der Waals surface area contributed by atoms with Gasteiger partial charge in [-0.1, -0.05) is 37.2 Å². The summed E-state index contributed by atoms with van der Waals surface area (Å²) in [4.78, 5) is 60.4. The number of fused-ring (bicyclic) bond motifs is 1. The number of aromatic nitrogens is 2. The molecule has 0 aliphatic carbocycles. The van der Waals surface area contributed by atoms with Crippen molar-refractivity contribution in [3.63, 3.8) is 0 Å². The summed E-state index contributed by atoms with van der Waals surface area (Å²) in [6.45, 7) is 3.45. The molecule has 2 atom stereocenters. The Morgan fingerprint density at radius 1 is 1.26 bits per heavy atom. The van der Waals surface area contributed by atoms with Crippen LogP contribution in [0.5, 0.6) is 0 Å². The SMILES string of the molecule is CC(C)CC(=O)OCCOC(=O)C1=C(/C=C\c2cccnc2)CS[C@H]2[C@H](NC(=O)C(=NO)c3csc(N)n3)C(=O)N12.Cl.Cl. The van der Waals surface area contributed by atoms with E-state index in [1.165, 1.54) is 22.0 Å². The van der Waals surface area contributed by atoms with E-state index in [-0.39, 0.29) is 66.9 Å². The second-order valence-electron chi connectivity index (χ2n) is 9.33. The number of anilines is 1. The molecule has 0 unspecified atom stereocenters. The van der Waals surface area contributed by atoms with Gasteiger partial charge in [-0.05, 0) is 23.1 Å². The summed E-state index contributed by atoms with van der Waals surface area (Å²) in [7, 11) is 0. The van der Waals surface area contributed by atoms with Gasteiger partial charge in [-0.3, -0.25) is 24.3 Å². The summed E-state index contributed by atoms with van der Waals surface area (Å²) in [5, 5.41) is 16.0. The number of carbonyl (C=O) groups excluding carboxylic acids is 4. The minimum absolute atomic E-state index is 0. The minimum atomic E-state index is -0.996. The number of oxime groups is 1. The minimum Gasteiger partial charge on any atom is -0.462 e. The quantitative estimate of drug-likeness (QED) is 0.0795. The van der Waals surface area contributed by atoms with Crippen LogP contribution in [-0.2, 0) is 28.7 Å². The highest BCUT2D eigenvalue weighted by molar-refractivity contribution is 8.00. The molecule has 2 aromatic rings. The maximum absolute atomic E-state index is 13.3. The van der Waals surface area contributed by atoms with Crippen molar-refractivity contribution in [2.75, 3.05) is 24.7 Å². The molecule has 2 aromatic heterocycles. The number of ether oxygens (including phenoxy) is 2. The maximum Gasteiger partial charge on any atom is 0.355 e. The van der Waals surface area contributed by atoms with E-state index in [2.05, 4.69) is 20.4 Å². The van der Waals surface area contributed by atoms with Crippen LogP contribution in [0.1, 0.15) is 31.5 Å². The van der Waals surface area contributed by atoms with E-state index in [1.54, 1.807) is 30.6 Å². The number of halogens is 2. The molecule has 2 aliphatic heterocycles. The molecule has 0 aromatic carbocycles. The highest BCUT2D eigenvalue weighted by Gasteiger charge is 2.54. The Hall–Kier alpha value is -3.66. The van der Waals surface area contributed by atoms with Gasteiger partial charge in [0.15, 0.2) is 10.8 Å². The van der Waals surface area contributed by atoms with E-state index < -0.39 is 40.9 Å². The van der Waals surface area contributed by atoms with Gasteiger partial charge < -0.3 is 25.7 Å². The fourth-order valence-electron chi connectivity index (χ4n) is 4.00. The summed E-state index contributed by atoms with van der Waals surface area (Å²) in [6, 6.07) is 2.61. The average Bonchev–Trinajstić information content (AvgIpc) is 3.38. The van der Waals surface area contributed by atoms with E-state index in [0.717, 1.165) is 16.9 Å². The number of hydrogen-bond acceptors (Lipinski definition) is 13. The molecule has 2 amide bonds. The van der Waals surface area contributed by atoms with E-state index in [9.17, 15) is 24.4 Å². The number of nitrogens with zero attached hydrogens (tertiary/aromatic N) is 4. The van der Waals surface area contributed by atoms with Crippen molar-refractivity contribution in [3.8, 4) is 0 Å². The number of thiazole rings is 1. The highest BCUT2D eigenvalue weighted by Crippen LogP contribution is 2.41. The topological polar surface area (TPSA) is 186 Å². The number of β-lactam (4-membered cyclic amide) rings is 1. The number of amides is 2. The number of allylic oxidation sites excluding steroid dienone is 1. The normalized spacial score (nSPS) is 17.9. The third kappa shape index (κ3) is 8.69. The standard InChI is InChI=1S/C26H28N6O7S2.2ClH/c1-14(2)10-18(33)38-8-9-39-25(36)21-16(6-5-15-4-3-7-28-11-15)12-40-24-20(23(35)32(21)24)30-22(34)19(31-37)17-13-41-26(27)29-17;;/h3-7,11,13-14,20,24,37H,8-10,12H2,1-2H3,(H2,27,29)(H,30,34);2*1H/b6-5-,31-19?;;/t20-,24+;;/m1../s1. The molecule has 43 heavy (non-hydrogen) atoms. The van der Waals surface area contributed by atoms with Gasteiger partial charge in [-0.2, -0.15) is 0 Å². The zero-order valence-electron chi connectivity index (χ0n) is 23.0. The van der Waals surface area contributed by atoms with Gasteiger partial charge in [0.25, 0.3) is 11.8 Å². The van der Waals surface area contributed by atoms with Gasteiger partial charge in [0, 0.05) is 29.9 Å². The molecule has 0 spiro atoms. The summed E-state index contributed by atoms with van der Waals surface area (Å²) >= 11 is 2.40. The summed E-state index contributed by atoms with van der Waals surface area (Å²) in [6.07, 6.45) is 7.00. The van der Waals surface area contributed by atoms with Gasteiger partial charge in [0.2, 0.25) is 0 Å². The Morgan fingerprint density at radius 3 is 2.63 bits per heavy atom. The molecule has 4 heterocycles. The van der Waals surface area contributed by atoms with E-state index in [4.69, 9.17) is 15.2 Å². The molecular formula is C26H30Cl2N6O7S2. The number of hydrogen-bond donors (Lipinski definition) is 3. The van der Waals surface area contributed by atoms with E-state index in [0.29, 0.717) is 11.3 Å². The number of nitrogens with one attached hydrogen (secondary N) is 1. The fourth-order valence-corrected chi connectivity index (χ4v) is 5.87. The Balaban J connectivity index is 0.00000323. The van der Waals surface area contributed by atoms with Crippen molar-refractivity contribution < 1.29 is 33.9 Å². The largest absolute Gasteiger partial charge is 0.462 e. The first kappa shape index (κ1) is 35.5. The van der Waals surface area contributed by atoms with Gasteiger partial charge >= 0.3 is 11.9 Å². The van der Waals surface area contributed by atoms with Crippen LogP contribution < -0.4 is 11.1 Å². The third-order valence-corrected chi connectivity index (χ3v) is 7.85. The molecule has 232 valence electrons. The van der Waals surface area contributed by atoms with Crippen molar-refractivity contribution >= 4 is 88.6 Å². The molecule has 1 fully saturated rings. The number of rotatable bonds is 11. The Labute approximate surface area is 267 Å². The number of esters is 2. The molecule has 0 bridgehead atoms. The lowest BCUT2D eigenvalue weighted by Crippen LogP contribution is -2.71. The van der Waals surface area contributed by atoms with Crippen LogP contribution in [0, 0.1) is 5.92 Å². The average molecular weight is 674 g/mol. The smallest absolute Gasteiger partial charge is 0.355 e. The predicted octanol–water partition coefficient (Wildman–Crippen LogP) is 2.64. The fraction of sp³-hybridized carbons (Fsp3) is 0.346. The Kier molecular flexibility index (Phi) is 13.4. The van der Waals surface area contributed by atoms with Gasteiger partial charge in [0.05, 0.1) is 0 Å². The second-order valence-corrected chi connectivity index (χ2v) is 11.3. The molecule has 0 saturated carbocycles. The monoisotopic (exact) mass is 672 g/mol. The van der Waals surface area contributed by atoms with Crippen molar-refractivity contribution in [2.24, 2.45) is 11.1 Å². The molecule has 1 saturated heterocycles. The van der Waals surface area contributed by atoms with Crippen molar-refractivity contribution in [1.82, 2.24) is 20.2 Å². The molecular weight excluding hydrogens is 643 g/mol. The Morgan fingerprint density at radius 2 is 2.00 bits per heavy atom. The molecule has 4 N–H and O–H groups in total. The molecule has 13 nitrogen and oxygen atoms in total. The van der Waals surface area contributed by atoms with E-state index in [1.807, 2.05) is 19.9 Å². The number of nitrogen functional groups attached to an aromatic ring is 1. The van der Waals surface area contributed by atoms with Crippen LogP contribution in [0.15, 0.2) is 52.4 Å². The zero-order valence-corrected chi connectivity index (χ0v) is 26.3. The van der Waals surface area contributed by atoms with Crippen molar-refractivity contribution in [1.29, 1.82) is 0 Å². The predicted molar refractivity (Wildman–Crippen MR) is 166 cm³/mol. The summed E-state index contributed by atoms with van der Waals surface area (Å²) < 4.78 is 10.5. The van der Waals surface area contributed by atoms with Gasteiger partial charge in [0.1, 0.15) is 36.0 Å². The lowest BCUT2D eigenvalue weighted by Gasteiger charge is -2.49. The van der Waals surface area contributed by atoms with Crippen LogP contribution in [0.25, 0.3) is 6.08 Å². The number of pyridine rings is 1. The molecule has 4 rings (SSSR count). The van der Waals surface area contributed by atoms with Crippen LogP contribution >= 0.6 is 47.9 Å². The molecule has 17 heteroatoms. The van der Waals surface area contributed by atoms with Crippen LogP contribution in [0.4, 0.5) is 5.13 Å². The first-order chi connectivity index (χ1) is 19.7. The van der Waals surface area contributed by atoms with Crippen molar-refractivity contribution in [3.05, 3.63) is 58.5 Å². The molecule has 2 aliphatic rings. The van der Waals surface area contributed by atoms with Gasteiger partial charge in [-0.15, -0.1) is 47.9 Å². The Bertz CT molecular complexity index is 1420. The highest BCUT2D eigenvalue weighted by atomic mass is 35.5. The van der Waals surface area contributed by atoms with Crippen LogP contribution in [0.2, 0.25) is 0 Å². The van der Waals surface area contributed by atoms with Crippen LogP contribution in [0.3, 0.4) is 0 Å². The van der Waals surface area contributed by atoms with Gasteiger partial charge in [-0.25, -0.2) is 9.78 Å². The number of carbonyl (C=O) groups is 4. The summed E-state index contributed by atoms with van der Waals surface area (Å²) in [5.74, 6) is -2.08. The maximum atomic E-state index is 13.3. The number of nitrogens with two attached hydrogens (primary N) is 1. The van der Waals surface area contributed by atoms with Crippen LogP contribution in [-0.4, -0.2) is 79.9 Å².